The first-order valence-corrected chi connectivity index (χ1v) is 12.0. The second-order valence-corrected chi connectivity index (χ2v) is 9.37. The van der Waals surface area contributed by atoms with E-state index in [1.807, 2.05) is 0 Å². The van der Waals surface area contributed by atoms with Gasteiger partial charge in [0, 0.05) is 57.3 Å². The van der Waals surface area contributed by atoms with Gasteiger partial charge in [-0.3, -0.25) is 15.0 Å². The molecule has 2 aliphatic heterocycles. The van der Waals surface area contributed by atoms with Crippen molar-refractivity contribution in [1.82, 2.24) is 14.9 Å². The van der Waals surface area contributed by atoms with Crippen molar-refractivity contribution in [3.05, 3.63) is 81.3 Å². The number of anilines is 1. The second-order valence-electron chi connectivity index (χ2n) is 9.37. The number of hydrogen-bond acceptors (Lipinski definition) is 7. The molecule has 0 unspecified atom stereocenters. The Bertz CT molecular complexity index is 1210. The molecule has 9 heteroatoms. The molecule has 8 nitrogen and oxygen atoms in total. The van der Waals surface area contributed by atoms with E-state index in [2.05, 4.69) is 16.7 Å². The molecule has 0 saturated carbocycles. The van der Waals surface area contributed by atoms with Crippen molar-refractivity contribution in [2.75, 3.05) is 24.5 Å². The number of halogens is 1. The number of nitrogens with zero attached hydrogens (tertiary/aromatic N) is 5. The van der Waals surface area contributed by atoms with Gasteiger partial charge in [0.25, 0.3) is 5.69 Å². The molecule has 5 rings (SSSR count). The Labute approximate surface area is 203 Å². The number of piperidine rings is 1. The summed E-state index contributed by atoms with van der Waals surface area (Å²) in [5, 5.41) is 10.9. The van der Waals surface area contributed by atoms with E-state index in [9.17, 15) is 14.5 Å². The van der Waals surface area contributed by atoms with Gasteiger partial charge in [0.15, 0.2) is 0 Å². The van der Waals surface area contributed by atoms with Crippen LogP contribution in [0.1, 0.15) is 36.6 Å². The fourth-order valence-electron chi connectivity index (χ4n) is 4.62. The Morgan fingerprint density at radius 1 is 1.11 bits per heavy atom. The van der Waals surface area contributed by atoms with E-state index in [0.29, 0.717) is 36.6 Å². The summed E-state index contributed by atoms with van der Waals surface area (Å²) >= 11 is 0. The number of fused-ring (bicyclic) bond motifs is 1. The minimum atomic E-state index is -0.394. The molecule has 182 valence electrons. The van der Waals surface area contributed by atoms with Crippen molar-refractivity contribution >= 4 is 11.6 Å². The minimum absolute atomic E-state index is 0.0801. The second kappa shape index (κ2) is 9.95. The maximum Gasteiger partial charge on any atom is 0.269 e. The van der Waals surface area contributed by atoms with Crippen LogP contribution in [0.5, 0.6) is 11.6 Å². The summed E-state index contributed by atoms with van der Waals surface area (Å²) in [6.07, 6.45) is 2.94. The largest absolute Gasteiger partial charge is 0.438 e. The molecule has 1 aromatic heterocycles. The third-order valence-corrected chi connectivity index (χ3v) is 6.72. The van der Waals surface area contributed by atoms with E-state index in [4.69, 9.17) is 14.7 Å². The zero-order chi connectivity index (χ0) is 24.4. The fraction of sp³-hybridized carbons (Fsp3) is 0.385. The molecular weight excluding hydrogens is 449 g/mol. The van der Waals surface area contributed by atoms with Gasteiger partial charge in [-0.25, -0.2) is 9.37 Å². The number of ether oxygens (including phenoxy) is 1. The lowest BCUT2D eigenvalue weighted by atomic mass is 9.99. The van der Waals surface area contributed by atoms with Crippen LogP contribution in [0.15, 0.2) is 48.5 Å². The summed E-state index contributed by atoms with van der Waals surface area (Å²) in [6.45, 7) is 6.11. The molecule has 0 atom stereocenters. The molecule has 2 aliphatic rings. The third-order valence-electron chi connectivity index (χ3n) is 6.72. The molecule has 0 aliphatic carbocycles. The molecule has 1 fully saturated rings. The van der Waals surface area contributed by atoms with Gasteiger partial charge in [0.2, 0.25) is 11.8 Å². The number of nitro groups is 1. The summed E-state index contributed by atoms with van der Waals surface area (Å²) in [5.74, 6) is 1.86. The molecule has 3 heterocycles. The molecule has 0 bridgehead atoms. The normalized spacial score (nSPS) is 16.7. The van der Waals surface area contributed by atoms with Crippen molar-refractivity contribution < 1.29 is 14.1 Å². The number of rotatable bonds is 6. The predicted octanol–water partition coefficient (Wildman–Crippen LogP) is 5.11. The standard InChI is InChI=1S/C26H28FN5O3/c1-18-9-13-31(14-10-18)26-28-24-11-12-30(16-19-5-7-21(8-6-19)32(33)34)17-23(24)25(29-26)35-22-4-2-3-20(27)15-22/h2-8,15,18H,9-14,16-17H2,1H3. The highest BCUT2D eigenvalue weighted by Crippen LogP contribution is 2.33. The summed E-state index contributed by atoms with van der Waals surface area (Å²) in [6, 6.07) is 12.7. The molecule has 0 radical (unpaired) electrons. The molecule has 3 aromatic rings. The van der Waals surface area contributed by atoms with Crippen LogP contribution >= 0.6 is 0 Å². The summed E-state index contributed by atoms with van der Waals surface area (Å²) in [4.78, 5) is 24.7. The average Bonchev–Trinajstić information content (AvgIpc) is 2.85. The van der Waals surface area contributed by atoms with Crippen LogP contribution in [0.2, 0.25) is 0 Å². The first-order chi connectivity index (χ1) is 16.9. The van der Waals surface area contributed by atoms with Crippen molar-refractivity contribution in [3.8, 4) is 11.6 Å². The van der Waals surface area contributed by atoms with E-state index in [1.54, 1.807) is 24.3 Å². The van der Waals surface area contributed by atoms with Crippen LogP contribution in [0, 0.1) is 21.8 Å². The van der Waals surface area contributed by atoms with Crippen molar-refractivity contribution in [2.24, 2.45) is 5.92 Å². The molecular formula is C26H28FN5O3. The summed E-state index contributed by atoms with van der Waals surface area (Å²) in [7, 11) is 0. The Morgan fingerprint density at radius 3 is 2.60 bits per heavy atom. The molecule has 0 N–H and O–H groups in total. The molecule has 1 saturated heterocycles. The van der Waals surface area contributed by atoms with Crippen molar-refractivity contribution in [1.29, 1.82) is 0 Å². The summed E-state index contributed by atoms with van der Waals surface area (Å²) < 4.78 is 20.0. The zero-order valence-corrected chi connectivity index (χ0v) is 19.7. The van der Waals surface area contributed by atoms with E-state index >= 15 is 0 Å². The Kier molecular flexibility index (Phi) is 6.59. The van der Waals surface area contributed by atoms with Gasteiger partial charge in [-0.2, -0.15) is 4.98 Å². The van der Waals surface area contributed by atoms with E-state index in [-0.39, 0.29) is 11.5 Å². The van der Waals surface area contributed by atoms with Gasteiger partial charge in [-0.1, -0.05) is 25.1 Å². The Balaban J connectivity index is 1.41. The van der Waals surface area contributed by atoms with Crippen molar-refractivity contribution in [2.45, 2.75) is 39.3 Å². The lowest BCUT2D eigenvalue weighted by Gasteiger charge is -2.33. The highest BCUT2D eigenvalue weighted by atomic mass is 19.1. The maximum atomic E-state index is 13.8. The Hall–Kier alpha value is -3.59. The fourth-order valence-corrected chi connectivity index (χ4v) is 4.62. The van der Waals surface area contributed by atoms with Crippen molar-refractivity contribution in [3.63, 3.8) is 0 Å². The molecule has 2 aromatic carbocycles. The van der Waals surface area contributed by atoms with Crippen LogP contribution in [0.3, 0.4) is 0 Å². The van der Waals surface area contributed by atoms with Crippen LogP contribution in [0.25, 0.3) is 0 Å². The smallest absolute Gasteiger partial charge is 0.269 e. The maximum absolute atomic E-state index is 13.8. The van der Waals surface area contributed by atoms with E-state index in [1.165, 1.54) is 24.3 Å². The number of benzene rings is 2. The van der Waals surface area contributed by atoms with Gasteiger partial charge in [-0.05, 0) is 36.5 Å². The van der Waals surface area contributed by atoms with Gasteiger partial charge in [0.05, 0.1) is 16.2 Å². The van der Waals surface area contributed by atoms with E-state index in [0.717, 1.165) is 55.7 Å². The number of hydrogen-bond donors (Lipinski definition) is 0. The average molecular weight is 478 g/mol. The van der Waals surface area contributed by atoms with E-state index < -0.39 is 4.92 Å². The van der Waals surface area contributed by atoms with Gasteiger partial charge in [-0.15, -0.1) is 0 Å². The first kappa shape index (κ1) is 23.2. The SMILES string of the molecule is CC1CCN(c2nc3c(c(Oc4cccc(F)c4)n2)CN(Cc2ccc([N+](=O)[O-])cc2)CC3)CC1. The summed E-state index contributed by atoms with van der Waals surface area (Å²) in [5.41, 5.74) is 2.93. The van der Waals surface area contributed by atoms with Crippen LogP contribution < -0.4 is 9.64 Å². The first-order valence-electron chi connectivity index (χ1n) is 12.0. The zero-order valence-electron chi connectivity index (χ0n) is 19.7. The molecule has 35 heavy (non-hydrogen) atoms. The molecule has 0 spiro atoms. The third kappa shape index (κ3) is 5.40. The highest BCUT2D eigenvalue weighted by Gasteiger charge is 2.27. The van der Waals surface area contributed by atoms with Gasteiger partial charge in [0.1, 0.15) is 11.6 Å². The van der Waals surface area contributed by atoms with Gasteiger partial charge >= 0.3 is 0 Å². The number of non-ortho nitro benzene ring substituents is 1. The van der Waals surface area contributed by atoms with Crippen LogP contribution in [-0.2, 0) is 19.5 Å². The molecule has 0 amide bonds. The van der Waals surface area contributed by atoms with Crippen LogP contribution in [0.4, 0.5) is 16.0 Å². The topological polar surface area (TPSA) is 84.6 Å². The number of aromatic nitrogens is 2. The highest BCUT2D eigenvalue weighted by molar-refractivity contribution is 5.44. The monoisotopic (exact) mass is 477 g/mol. The minimum Gasteiger partial charge on any atom is -0.438 e. The Morgan fingerprint density at radius 2 is 1.89 bits per heavy atom. The number of nitro benzene ring substituents is 1. The quantitative estimate of drug-likeness (QED) is 0.360. The lowest BCUT2D eigenvalue weighted by Crippen LogP contribution is -2.36. The lowest BCUT2D eigenvalue weighted by molar-refractivity contribution is -0.384. The van der Waals surface area contributed by atoms with Crippen LogP contribution in [-0.4, -0.2) is 39.4 Å². The van der Waals surface area contributed by atoms with Gasteiger partial charge < -0.3 is 9.64 Å². The predicted molar refractivity (Wildman–Crippen MR) is 130 cm³/mol.